The molecule has 15 heavy (non-hydrogen) atoms. The molecule has 0 spiro atoms. The van der Waals surface area contributed by atoms with Gasteiger partial charge in [-0.25, -0.2) is 0 Å². The average Bonchev–Trinajstić information content (AvgIpc) is 2.13. The summed E-state index contributed by atoms with van der Waals surface area (Å²) < 4.78 is 31.1. The fourth-order valence-corrected chi connectivity index (χ4v) is 2.54. The molecule has 0 aromatic rings. The normalized spacial score (nSPS) is 16.3. The topological polar surface area (TPSA) is 74.6 Å². The predicted octanol–water partition coefficient (Wildman–Crippen LogP) is 1.98. The van der Waals surface area contributed by atoms with Crippen LogP contribution in [0.3, 0.4) is 0 Å². The first-order valence-corrected chi connectivity index (χ1v) is 7.08. The molecule has 0 bridgehead atoms. The van der Waals surface area contributed by atoms with Gasteiger partial charge in [0, 0.05) is 0 Å². The van der Waals surface area contributed by atoms with Gasteiger partial charge < -0.3 is 5.11 Å². The Balaban J connectivity index is 4.35. The predicted molar refractivity (Wildman–Crippen MR) is 60.4 cm³/mol. The molecule has 0 aliphatic rings. The van der Waals surface area contributed by atoms with Crippen molar-refractivity contribution in [2.45, 2.75) is 63.7 Å². The summed E-state index contributed by atoms with van der Waals surface area (Å²) in [7, 11) is -4.12. The zero-order valence-electron chi connectivity index (χ0n) is 9.52. The van der Waals surface area contributed by atoms with E-state index in [4.69, 9.17) is 4.55 Å². The first-order chi connectivity index (χ1) is 6.93. The molecule has 0 aliphatic carbocycles. The van der Waals surface area contributed by atoms with Crippen LogP contribution in [0.2, 0.25) is 0 Å². The highest BCUT2D eigenvalue weighted by Crippen LogP contribution is 2.17. The van der Waals surface area contributed by atoms with Gasteiger partial charge in [0.2, 0.25) is 0 Å². The lowest BCUT2D eigenvalue weighted by Gasteiger charge is -2.19. The van der Waals surface area contributed by atoms with Gasteiger partial charge >= 0.3 is 0 Å². The Morgan fingerprint density at radius 2 is 1.53 bits per heavy atom. The lowest BCUT2D eigenvalue weighted by molar-refractivity contribution is 0.147. The Bertz CT molecular complexity index is 248. The quantitative estimate of drug-likeness (QED) is 0.634. The Kier molecular flexibility index (Phi) is 7.13. The summed E-state index contributed by atoms with van der Waals surface area (Å²) in [6.07, 6.45) is 3.07. The number of aliphatic hydroxyl groups is 1. The maximum atomic E-state index is 11.0. The monoisotopic (exact) mass is 238 g/mol. The van der Waals surface area contributed by atoms with Crippen LogP contribution in [0.4, 0.5) is 0 Å². The van der Waals surface area contributed by atoms with Crippen LogP contribution < -0.4 is 0 Å². The van der Waals surface area contributed by atoms with Crippen LogP contribution in [0.1, 0.15) is 52.4 Å². The summed E-state index contributed by atoms with van der Waals surface area (Å²) in [4.78, 5) is 0. The minimum absolute atomic E-state index is 0.334. The molecule has 0 aliphatic heterocycles. The number of hydrogen-bond acceptors (Lipinski definition) is 3. The third kappa shape index (κ3) is 6.12. The number of aliphatic hydroxyl groups excluding tert-OH is 1. The molecule has 0 heterocycles. The van der Waals surface area contributed by atoms with Crippen molar-refractivity contribution in [3.63, 3.8) is 0 Å². The molecule has 2 atom stereocenters. The second-order valence-corrected chi connectivity index (χ2v) is 5.54. The summed E-state index contributed by atoms with van der Waals surface area (Å²) in [6, 6.07) is 0. The van der Waals surface area contributed by atoms with Crippen molar-refractivity contribution >= 4 is 10.1 Å². The fraction of sp³-hybridized carbons (Fsp3) is 1.00. The van der Waals surface area contributed by atoms with E-state index in [-0.39, 0.29) is 0 Å². The Morgan fingerprint density at radius 1 is 1.07 bits per heavy atom. The molecule has 0 saturated carbocycles. The second kappa shape index (κ2) is 7.19. The van der Waals surface area contributed by atoms with Gasteiger partial charge in [0.1, 0.15) is 5.25 Å². The van der Waals surface area contributed by atoms with Crippen molar-refractivity contribution in [2.75, 3.05) is 0 Å². The molecule has 0 aromatic heterocycles. The summed E-state index contributed by atoms with van der Waals surface area (Å²) in [6.45, 7) is 3.92. The lowest BCUT2D eigenvalue weighted by Crippen LogP contribution is -2.33. The van der Waals surface area contributed by atoms with Crippen LogP contribution in [0.15, 0.2) is 0 Å². The fourth-order valence-electron chi connectivity index (χ4n) is 1.54. The second-order valence-electron chi connectivity index (χ2n) is 3.91. The minimum atomic E-state index is -4.12. The molecule has 0 radical (unpaired) electrons. The summed E-state index contributed by atoms with van der Waals surface area (Å²) in [5.74, 6) is 0. The maximum absolute atomic E-state index is 11.0. The van der Waals surface area contributed by atoms with E-state index in [0.29, 0.717) is 19.3 Å². The van der Waals surface area contributed by atoms with Gasteiger partial charge in [0.25, 0.3) is 10.1 Å². The van der Waals surface area contributed by atoms with E-state index in [1.54, 1.807) is 0 Å². The molecule has 0 rings (SSSR count). The standard InChI is InChI=1S/C10H22O4S/c1-3-5-7-9(11)10(8-6-4-2)15(12,13)14/h9-11H,3-8H2,1-2H3,(H,12,13,14). The van der Waals surface area contributed by atoms with Gasteiger partial charge in [-0.1, -0.05) is 39.5 Å². The van der Waals surface area contributed by atoms with E-state index in [2.05, 4.69) is 0 Å². The van der Waals surface area contributed by atoms with Gasteiger partial charge in [0.05, 0.1) is 6.10 Å². The number of hydrogen-bond donors (Lipinski definition) is 2. The van der Waals surface area contributed by atoms with Crippen LogP contribution in [0.5, 0.6) is 0 Å². The smallest absolute Gasteiger partial charge is 0.270 e. The average molecular weight is 238 g/mol. The zero-order valence-corrected chi connectivity index (χ0v) is 10.3. The summed E-state index contributed by atoms with van der Waals surface area (Å²) >= 11 is 0. The molecule has 0 amide bonds. The minimum Gasteiger partial charge on any atom is -0.392 e. The first kappa shape index (κ1) is 14.9. The molecule has 2 N–H and O–H groups in total. The molecule has 0 saturated heterocycles. The first-order valence-electron chi connectivity index (χ1n) is 5.57. The van der Waals surface area contributed by atoms with Gasteiger partial charge in [-0.05, 0) is 12.8 Å². The summed E-state index contributed by atoms with van der Waals surface area (Å²) in [5.41, 5.74) is 0. The zero-order chi connectivity index (χ0) is 11.9. The lowest BCUT2D eigenvalue weighted by atomic mass is 10.1. The van der Waals surface area contributed by atoms with E-state index in [1.165, 1.54) is 0 Å². The van der Waals surface area contributed by atoms with Crippen molar-refractivity contribution in [1.29, 1.82) is 0 Å². The van der Waals surface area contributed by atoms with Crippen LogP contribution in [-0.4, -0.2) is 29.4 Å². The molecule has 4 nitrogen and oxygen atoms in total. The van der Waals surface area contributed by atoms with E-state index >= 15 is 0 Å². The van der Waals surface area contributed by atoms with E-state index < -0.39 is 21.5 Å². The Labute approximate surface area is 92.4 Å². The third-order valence-corrected chi connectivity index (χ3v) is 3.82. The molecule has 0 fully saturated rings. The molecule has 2 unspecified atom stereocenters. The van der Waals surface area contributed by atoms with E-state index in [9.17, 15) is 13.5 Å². The number of rotatable bonds is 8. The van der Waals surface area contributed by atoms with Crippen LogP contribution >= 0.6 is 0 Å². The van der Waals surface area contributed by atoms with Crippen molar-refractivity contribution in [3.05, 3.63) is 0 Å². The molecule has 92 valence electrons. The Morgan fingerprint density at radius 3 is 1.93 bits per heavy atom. The van der Waals surface area contributed by atoms with Crippen molar-refractivity contribution in [3.8, 4) is 0 Å². The third-order valence-electron chi connectivity index (χ3n) is 2.51. The molecular formula is C10H22O4S. The van der Waals surface area contributed by atoms with Crippen LogP contribution in [0, 0.1) is 0 Å². The highest BCUT2D eigenvalue weighted by molar-refractivity contribution is 7.86. The van der Waals surface area contributed by atoms with E-state index in [0.717, 1.165) is 19.3 Å². The summed E-state index contributed by atoms with van der Waals surface area (Å²) in [5, 5.41) is 8.65. The van der Waals surface area contributed by atoms with Crippen molar-refractivity contribution in [2.24, 2.45) is 0 Å². The van der Waals surface area contributed by atoms with Crippen LogP contribution in [-0.2, 0) is 10.1 Å². The van der Waals surface area contributed by atoms with Gasteiger partial charge in [0.15, 0.2) is 0 Å². The number of unbranched alkanes of at least 4 members (excludes halogenated alkanes) is 2. The van der Waals surface area contributed by atoms with Crippen molar-refractivity contribution < 1.29 is 18.1 Å². The highest BCUT2D eigenvalue weighted by Gasteiger charge is 2.29. The molecule has 5 heteroatoms. The van der Waals surface area contributed by atoms with Crippen molar-refractivity contribution in [1.82, 2.24) is 0 Å². The molecular weight excluding hydrogens is 216 g/mol. The van der Waals surface area contributed by atoms with E-state index in [1.807, 2.05) is 13.8 Å². The SMILES string of the molecule is CCCCC(O)C(CCCC)S(=O)(=O)O. The Hall–Kier alpha value is -0.130. The van der Waals surface area contributed by atoms with Gasteiger partial charge in [-0.3, -0.25) is 4.55 Å². The van der Waals surface area contributed by atoms with Crippen LogP contribution in [0.25, 0.3) is 0 Å². The van der Waals surface area contributed by atoms with Gasteiger partial charge in [-0.2, -0.15) is 8.42 Å². The highest BCUT2D eigenvalue weighted by atomic mass is 32.2. The largest absolute Gasteiger partial charge is 0.392 e. The molecule has 0 aromatic carbocycles. The van der Waals surface area contributed by atoms with Gasteiger partial charge in [-0.15, -0.1) is 0 Å². The maximum Gasteiger partial charge on any atom is 0.270 e.